The summed E-state index contributed by atoms with van der Waals surface area (Å²) in [5.41, 5.74) is 1.27. The summed E-state index contributed by atoms with van der Waals surface area (Å²) >= 11 is 0. The van der Waals surface area contributed by atoms with E-state index in [0.717, 1.165) is 0 Å². The fourth-order valence-electron chi connectivity index (χ4n) is 3.82. The van der Waals surface area contributed by atoms with Crippen molar-refractivity contribution in [1.29, 1.82) is 0 Å². The third-order valence-corrected chi connectivity index (χ3v) is 5.83. The van der Waals surface area contributed by atoms with Crippen LogP contribution in [0.1, 0.15) is 74.7 Å². The number of hydrogen-bond donors (Lipinski definition) is 1. The minimum Gasteiger partial charge on any atom is -0.465 e. The van der Waals surface area contributed by atoms with Crippen molar-refractivity contribution in [2.24, 2.45) is 28.1 Å². The van der Waals surface area contributed by atoms with Crippen LogP contribution in [0.5, 0.6) is 0 Å². The van der Waals surface area contributed by atoms with Crippen molar-refractivity contribution in [3.8, 4) is 0 Å². The maximum absolute atomic E-state index is 11.0. The third-order valence-electron chi connectivity index (χ3n) is 5.83. The average Bonchev–Trinajstić information content (AvgIpc) is 2.81. The van der Waals surface area contributed by atoms with Crippen LogP contribution in [0.4, 0.5) is 4.79 Å². The zero-order valence-electron chi connectivity index (χ0n) is 16.9. The number of amides is 1. The smallest absolute Gasteiger partial charge is 0.407 e. The topological polar surface area (TPSA) is 57.6 Å². The normalized spacial score (nSPS) is 24.5. The molecule has 2 rings (SSSR count). The van der Waals surface area contributed by atoms with Gasteiger partial charge in [0.1, 0.15) is 5.78 Å². The Hall–Kier alpha value is -1.06. The molecule has 0 radical (unpaired) electrons. The molecule has 1 aliphatic heterocycles. The van der Waals surface area contributed by atoms with Crippen LogP contribution in [0.15, 0.2) is 0 Å². The zero-order valence-corrected chi connectivity index (χ0v) is 16.9. The Bertz CT molecular complexity index is 452. The molecule has 4 heteroatoms. The number of carbonyl (C=O) groups is 2. The van der Waals surface area contributed by atoms with Gasteiger partial charge in [0.25, 0.3) is 0 Å². The number of fused-ring (bicyclic) bond motifs is 1. The van der Waals surface area contributed by atoms with E-state index < -0.39 is 6.09 Å². The van der Waals surface area contributed by atoms with Gasteiger partial charge in [0.15, 0.2) is 0 Å². The summed E-state index contributed by atoms with van der Waals surface area (Å²) in [7, 11) is 0. The molecule has 1 N–H and O–H groups in total. The van der Waals surface area contributed by atoms with Gasteiger partial charge in [-0.15, -0.1) is 0 Å². The SMILES string of the molecule is CC(C)(C)CC(C)(C)C(C)(C)C.O=C1C[C@@H]2CN(C(=O)O)C[C@@H]2C1. The number of rotatable bonds is 1. The molecule has 1 aliphatic carbocycles. The molecule has 1 amide bonds. The highest BCUT2D eigenvalue weighted by Crippen LogP contribution is 2.45. The first-order valence-corrected chi connectivity index (χ1v) is 9.12. The van der Waals surface area contributed by atoms with E-state index in [-0.39, 0.29) is 0 Å². The van der Waals surface area contributed by atoms with Gasteiger partial charge in [0.2, 0.25) is 0 Å². The van der Waals surface area contributed by atoms with Crippen LogP contribution in [0.25, 0.3) is 0 Å². The van der Waals surface area contributed by atoms with E-state index in [9.17, 15) is 9.59 Å². The molecule has 1 saturated heterocycles. The molecular weight excluding hydrogens is 302 g/mol. The van der Waals surface area contributed by atoms with Crippen LogP contribution in [0, 0.1) is 28.1 Å². The first kappa shape index (κ1) is 21.0. The lowest BCUT2D eigenvalue weighted by Crippen LogP contribution is -2.33. The predicted molar refractivity (Wildman–Crippen MR) is 98.1 cm³/mol. The van der Waals surface area contributed by atoms with Crippen LogP contribution < -0.4 is 0 Å². The Morgan fingerprint density at radius 2 is 1.42 bits per heavy atom. The Morgan fingerprint density at radius 1 is 1.00 bits per heavy atom. The van der Waals surface area contributed by atoms with Crippen LogP contribution in [0.2, 0.25) is 0 Å². The fraction of sp³-hybridized carbons (Fsp3) is 0.900. The maximum Gasteiger partial charge on any atom is 0.407 e. The molecule has 2 atom stereocenters. The lowest BCUT2D eigenvalue weighted by molar-refractivity contribution is -0.118. The van der Waals surface area contributed by atoms with Crippen molar-refractivity contribution in [1.82, 2.24) is 4.90 Å². The Morgan fingerprint density at radius 3 is 1.67 bits per heavy atom. The van der Waals surface area contributed by atoms with E-state index >= 15 is 0 Å². The van der Waals surface area contributed by atoms with Crippen LogP contribution in [-0.2, 0) is 4.79 Å². The van der Waals surface area contributed by atoms with Gasteiger partial charge < -0.3 is 10.0 Å². The number of nitrogens with zero attached hydrogens (tertiary/aromatic N) is 1. The summed E-state index contributed by atoms with van der Waals surface area (Å²) in [6, 6.07) is 0. The molecule has 0 aromatic heterocycles. The van der Waals surface area contributed by atoms with Crippen molar-refractivity contribution in [3.05, 3.63) is 0 Å². The fourth-order valence-corrected chi connectivity index (χ4v) is 3.82. The largest absolute Gasteiger partial charge is 0.465 e. The summed E-state index contributed by atoms with van der Waals surface area (Å²) in [6.45, 7) is 19.8. The van der Waals surface area contributed by atoms with Gasteiger partial charge in [-0.1, -0.05) is 55.4 Å². The first-order chi connectivity index (χ1) is 10.6. The minimum absolute atomic E-state index is 0.301. The highest BCUT2D eigenvalue weighted by atomic mass is 16.4. The third kappa shape index (κ3) is 5.78. The molecule has 0 aromatic rings. The second kappa shape index (κ2) is 7.05. The van der Waals surface area contributed by atoms with E-state index in [0.29, 0.717) is 59.8 Å². The summed E-state index contributed by atoms with van der Waals surface area (Å²) in [6.07, 6.45) is 1.61. The molecule has 0 bridgehead atoms. The minimum atomic E-state index is -0.850. The van der Waals surface area contributed by atoms with E-state index in [1.165, 1.54) is 11.3 Å². The average molecular weight is 340 g/mol. The van der Waals surface area contributed by atoms with E-state index in [4.69, 9.17) is 5.11 Å². The van der Waals surface area contributed by atoms with Gasteiger partial charge in [-0.3, -0.25) is 4.79 Å². The Labute approximate surface area is 148 Å². The summed E-state index contributed by atoms with van der Waals surface area (Å²) in [4.78, 5) is 22.9. The van der Waals surface area contributed by atoms with E-state index in [1.807, 2.05) is 0 Å². The molecule has 1 heterocycles. The second-order valence-corrected chi connectivity index (χ2v) is 10.5. The summed E-state index contributed by atoms with van der Waals surface area (Å²) in [5.74, 6) is 0.928. The maximum atomic E-state index is 11.0. The van der Waals surface area contributed by atoms with Crippen molar-refractivity contribution < 1.29 is 14.7 Å². The van der Waals surface area contributed by atoms with Gasteiger partial charge in [-0.25, -0.2) is 4.79 Å². The first-order valence-electron chi connectivity index (χ1n) is 9.12. The molecular formula is C20H37NO3. The number of carboxylic acid groups (broad SMARTS) is 1. The second-order valence-electron chi connectivity index (χ2n) is 10.5. The number of carbonyl (C=O) groups excluding carboxylic acids is 1. The van der Waals surface area contributed by atoms with Crippen molar-refractivity contribution in [2.45, 2.75) is 74.7 Å². The van der Waals surface area contributed by atoms with Crippen molar-refractivity contribution in [2.75, 3.05) is 13.1 Å². The monoisotopic (exact) mass is 339 g/mol. The van der Waals surface area contributed by atoms with Crippen LogP contribution in [-0.4, -0.2) is 35.0 Å². The molecule has 2 fully saturated rings. The Balaban J connectivity index is 0.000000240. The molecule has 140 valence electrons. The lowest BCUT2D eigenvalue weighted by Gasteiger charge is -2.43. The number of likely N-dealkylation sites (tertiary alicyclic amines) is 1. The standard InChI is InChI=1S/C12H26.C8H11NO3/c1-10(2,3)9-12(7,8)11(4,5)6;10-7-1-5-3-9(8(11)12)4-6(5)2-7/h9H2,1-8H3;5-6H,1-4H2,(H,11,12)/t;5-,6+. The van der Waals surface area contributed by atoms with Gasteiger partial charge in [0, 0.05) is 25.9 Å². The van der Waals surface area contributed by atoms with Gasteiger partial charge >= 0.3 is 6.09 Å². The molecule has 2 aliphatic rings. The van der Waals surface area contributed by atoms with Crippen molar-refractivity contribution >= 4 is 11.9 Å². The quantitative estimate of drug-likeness (QED) is 0.725. The molecule has 24 heavy (non-hydrogen) atoms. The Kier molecular flexibility index (Phi) is 6.16. The van der Waals surface area contributed by atoms with Crippen LogP contribution in [0.3, 0.4) is 0 Å². The highest BCUT2D eigenvalue weighted by molar-refractivity contribution is 5.81. The molecule has 0 unspecified atom stereocenters. The number of ketones is 1. The summed E-state index contributed by atoms with van der Waals surface area (Å²) < 4.78 is 0. The number of hydrogen-bond acceptors (Lipinski definition) is 2. The van der Waals surface area contributed by atoms with E-state index in [1.54, 1.807) is 0 Å². The lowest BCUT2D eigenvalue weighted by atomic mass is 9.63. The van der Waals surface area contributed by atoms with Crippen molar-refractivity contribution in [3.63, 3.8) is 0 Å². The zero-order chi connectivity index (χ0) is 18.9. The predicted octanol–water partition coefficient (Wildman–Crippen LogP) is 5.07. The van der Waals surface area contributed by atoms with Gasteiger partial charge in [0.05, 0.1) is 0 Å². The molecule has 1 saturated carbocycles. The number of Topliss-reactive ketones (excluding diaryl/α,β-unsaturated/α-hetero) is 1. The van der Waals surface area contributed by atoms with Crippen LogP contribution >= 0.6 is 0 Å². The summed E-state index contributed by atoms with van der Waals surface area (Å²) in [5, 5.41) is 8.68. The molecule has 0 aromatic carbocycles. The highest BCUT2D eigenvalue weighted by Gasteiger charge is 2.41. The van der Waals surface area contributed by atoms with Gasteiger partial charge in [-0.2, -0.15) is 0 Å². The molecule has 0 spiro atoms. The van der Waals surface area contributed by atoms with E-state index in [2.05, 4.69) is 55.4 Å². The molecule has 4 nitrogen and oxygen atoms in total. The van der Waals surface area contributed by atoms with Gasteiger partial charge in [-0.05, 0) is 34.5 Å².